The maximum absolute atomic E-state index is 12.0. The van der Waals surface area contributed by atoms with Crippen LogP contribution in [-0.2, 0) is 4.79 Å². The molecule has 0 aromatic carbocycles. The molecule has 112 valence electrons. The Morgan fingerprint density at radius 3 is 3.00 bits per heavy atom. The van der Waals surface area contributed by atoms with Crippen LogP contribution in [0.3, 0.4) is 0 Å². The number of nitrogens with one attached hydrogen (secondary N) is 1. The minimum Gasteiger partial charge on any atom is -0.480 e. The average Bonchev–Trinajstić information content (AvgIpc) is 3.12. The molecule has 0 aliphatic carbocycles. The number of hydrogen-bond donors (Lipinski definition) is 2. The fourth-order valence-electron chi connectivity index (χ4n) is 1.62. The van der Waals surface area contributed by atoms with Gasteiger partial charge >= 0.3 is 5.97 Å². The molecular formula is C13H14N2O4S2. The number of rotatable bonds is 7. The van der Waals surface area contributed by atoms with E-state index in [2.05, 4.69) is 10.3 Å². The smallest absolute Gasteiger partial charge is 0.326 e. The summed E-state index contributed by atoms with van der Waals surface area (Å²) in [5.74, 6) is -0.293. The van der Waals surface area contributed by atoms with Gasteiger partial charge in [0.25, 0.3) is 5.91 Å². The van der Waals surface area contributed by atoms with Gasteiger partial charge in [-0.3, -0.25) is 4.79 Å². The highest BCUT2D eigenvalue weighted by Crippen LogP contribution is 2.23. The molecule has 2 aromatic heterocycles. The van der Waals surface area contributed by atoms with Crippen molar-refractivity contribution in [3.8, 4) is 10.8 Å². The molecule has 0 bridgehead atoms. The Hall–Kier alpha value is -1.80. The van der Waals surface area contributed by atoms with E-state index in [1.807, 2.05) is 6.26 Å². The number of nitrogens with zero attached hydrogens (tertiary/aromatic N) is 1. The van der Waals surface area contributed by atoms with Crippen molar-refractivity contribution in [3.63, 3.8) is 0 Å². The summed E-state index contributed by atoms with van der Waals surface area (Å²) in [5.41, 5.74) is 0.196. The summed E-state index contributed by atoms with van der Waals surface area (Å²) in [6.07, 6.45) is 3.79. The Bertz CT molecular complexity index is 609. The Balaban J connectivity index is 2.04. The number of aromatic nitrogens is 1. The molecule has 8 heteroatoms. The molecule has 0 unspecified atom stereocenters. The molecule has 21 heavy (non-hydrogen) atoms. The van der Waals surface area contributed by atoms with E-state index in [9.17, 15) is 9.59 Å². The number of thiazole rings is 1. The van der Waals surface area contributed by atoms with Gasteiger partial charge in [-0.2, -0.15) is 11.8 Å². The second-order valence-corrected chi connectivity index (χ2v) is 6.00. The van der Waals surface area contributed by atoms with E-state index in [1.54, 1.807) is 17.5 Å². The zero-order chi connectivity index (χ0) is 15.2. The Kier molecular flexibility index (Phi) is 5.40. The van der Waals surface area contributed by atoms with Gasteiger partial charge in [0.05, 0.1) is 6.26 Å². The van der Waals surface area contributed by atoms with E-state index in [0.717, 1.165) is 0 Å². The lowest BCUT2D eigenvalue weighted by atomic mass is 10.2. The molecule has 6 nitrogen and oxygen atoms in total. The van der Waals surface area contributed by atoms with Crippen LogP contribution in [0.25, 0.3) is 10.8 Å². The molecule has 2 N–H and O–H groups in total. The van der Waals surface area contributed by atoms with Crippen LogP contribution < -0.4 is 5.32 Å². The van der Waals surface area contributed by atoms with Crippen LogP contribution in [0.4, 0.5) is 0 Å². The summed E-state index contributed by atoms with van der Waals surface area (Å²) in [6, 6.07) is 2.58. The maximum Gasteiger partial charge on any atom is 0.326 e. The number of amides is 1. The first kappa shape index (κ1) is 15.6. The van der Waals surface area contributed by atoms with Crippen LogP contribution in [0.5, 0.6) is 0 Å². The third-order valence-electron chi connectivity index (χ3n) is 2.68. The van der Waals surface area contributed by atoms with Gasteiger partial charge in [0.1, 0.15) is 11.7 Å². The number of carbonyl (C=O) groups is 2. The van der Waals surface area contributed by atoms with Crippen LogP contribution in [-0.4, -0.2) is 40.0 Å². The first-order valence-electron chi connectivity index (χ1n) is 6.14. The molecule has 0 spiro atoms. The zero-order valence-electron chi connectivity index (χ0n) is 11.2. The molecule has 2 rings (SSSR count). The Labute approximate surface area is 129 Å². The summed E-state index contributed by atoms with van der Waals surface area (Å²) in [6.45, 7) is 0. The van der Waals surface area contributed by atoms with Crippen LogP contribution in [0.1, 0.15) is 16.9 Å². The van der Waals surface area contributed by atoms with Crippen LogP contribution in [0, 0.1) is 0 Å². The minimum absolute atomic E-state index is 0.196. The Morgan fingerprint density at radius 2 is 2.38 bits per heavy atom. The summed E-state index contributed by atoms with van der Waals surface area (Å²) < 4.78 is 5.20. The molecule has 0 saturated carbocycles. The number of aliphatic carboxylic acids is 1. The number of hydrogen-bond acceptors (Lipinski definition) is 6. The van der Waals surface area contributed by atoms with E-state index < -0.39 is 17.9 Å². The fraction of sp³-hybridized carbons (Fsp3) is 0.308. The van der Waals surface area contributed by atoms with Crippen molar-refractivity contribution in [3.05, 3.63) is 29.5 Å². The predicted octanol–water partition coefficient (Wildman–Crippen LogP) is 2.34. The van der Waals surface area contributed by atoms with E-state index in [1.165, 1.54) is 29.4 Å². The minimum atomic E-state index is -1.04. The number of thioether (sulfide) groups is 1. The highest BCUT2D eigenvalue weighted by Gasteiger charge is 2.22. The number of carboxylic acid groups (broad SMARTS) is 1. The highest BCUT2D eigenvalue weighted by molar-refractivity contribution is 7.98. The van der Waals surface area contributed by atoms with Crippen LogP contribution in [0.15, 0.2) is 28.2 Å². The summed E-state index contributed by atoms with van der Waals surface area (Å²) >= 11 is 2.80. The van der Waals surface area contributed by atoms with Gasteiger partial charge in [0.2, 0.25) is 0 Å². The van der Waals surface area contributed by atoms with Crippen molar-refractivity contribution >= 4 is 35.0 Å². The van der Waals surface area contributed by atoms with Gasteiger partial charge in [0, 0.05) is 5.38 Å². The lowest BCUT2D eigenvalue weighted by Crippen LogP contribution is -2.41. The molecule has 1 amide bonds. The van der Waals surface area contributed by atoms with Crippen LogP contribution in [0.2, 0.25) is 0 Å². The van der Waals surface area contributed by atoms with Crippen molar-refractivity contribution in [2.45, 2.75) is 12.5 Å². The topological polar surface area (TPSA) is 92.4 Å². The third-order valence-corrected chi connectivity index (χ3v) is 4.18. The quantitative estimate of drug-likeness (QED) is 0.811. The second-order valence-electron chi connectivity index (χ2n) is 4.16. The monoisotopic (exact) mass is 326 g/mol. The maximum atomic E-state index is 12.0. The number of carboxylic acids is 1. The lowest BCUT2D eigenvalue weighted by Gasteiger charge is -2.12. The van der Waals surface area contributed by atoms with Gasteiger partial charge in [-0.05, 0) is 30.6 Å². The molecule has 2 aromatic rings. The molecule has 0 saturated heterocycles. The molecule has 1 atom stereocenters. The van der Waals surface area contributed by atoms with Crippen molar-refractivity contribution in [2.24, 2.45) is 0 Å². The summed E-state index contributed by atoms with van der Waals surface area (Å²) in [7, 11) is 0. The molecular weight excluding hydrogens is 312 g/mol. The average molecular weight is 326 g/mol. The summed E-state index contributed by atoms with van der Waals surface area (Å²) in [4.78, 5) is 27.3. The first-order valence-corrected chi connectivity index (χ1v) is 8.41. The normalized spacial score (nSPS) is 12.0. The van der Waals surface area contributed by atoms with Gasteiger partial charge < -0.3 is 14.8 Å². The molecule has 0 aliphatic heterocycles. The van der Waals surface area contributed by atoms with E-state index in [4.69, 9.17) is 9.52 Å². The molecule has 0 radical (unpaired) electrons. The van der Waals surface area contributed by atoms with E-state index in [0.29, 0.717) is 22.9 Å². The number of furan rings is 1. The zero-order valence-corrected chi connectivity index (χ0v) is 12.9. The van der Waals surface area contributed by atoms with Gasteiger partial charge in [-0.1, -0.05) is 0 Å². The van der Waals surface area contributed by atoms with E-state index >= 15 is 0 Å². The van der Waals surface area contributed by atoms with Crippen molar-refractivity contribution in [1.82, 2.24) is 10.3 Å². The molecule has 0 fully saturated rings. The lowest BCUT2D eigenvalue weighted by molar-refractivity contribution is -0.139. The Morgan fingerprint density at radius 1 is 1.57 bits per heavy atom. The SMILES string of the molecule is CSCC[C@@H](NC(=O)c1csc(-c2ccco2)n1)C(=O)O. The molecule has 2 heterocycles. The fourth-order valence-corrected chi connectivity index (χ4v) is 2.85. The standard InChI is InChI=1S/C13H14N2O4S2/c1-20-6-4-8(13(17)18)14-11(16)9-7-21-12(15-9)10-3-2-5-19-10/h2-3,5,7-8H,4,6H2,1H3,(H,14,16)(H,17,18)/t8-/m1/s1. The molecule has 0 aliphatic rings. The van der Waals surface area contributed by atoms with Gasteiger partial charge in [0.15, 0.2) is 10.8 Å². The number of carbonyl (C=O) groups excluding carboxylic acids is 1. The first-order chi connectivity index (χ1) is 10.1. The third kappa shape index (κ3) is 4.08. The van der Waals surface area contributed by atoms with E-state index in [-0.39, 0.29) is 5.69 Å². The predicted molar refractivity (Wildman–Crippen MR) is 81.7 cm³/mol. The van der Waals surface area contributed by atoms with Gasteiger partial charge in [-0.15, -0.1) is 11.3 Å². The summed E-state index contributed by atoms with van der Waals surface area (Å²) in [5, 5.41) is 13.8. The largest absolute Gasteiger partial charge is 0.480 e. The highest BCUT2D eigenvalue weighted by atomic mass is 32.2. The van der Waals surface area contributed by atoms with Crippen molar-refractivity contribution in [2.75, 3.05) is 12.0 Å². The van der Waals surface area contributed by atoms with Crippen molar-refractivity contribution in [1.29, 1.82) is 0 Å². The van der Waals surface area contributed by atoms with Gasteiger partial charge in [-0.25, -0.2) is 9.78 Å². The second kappa shape index (κ2) is 7.28. The van der Waals surface area contributed by atoms with Crippen LogP contribution >= 0.6 is 23.1 Å². The van der Waals surface area contributed by atoms with Crippen molar-refractivity contribution < 1.29 is 19.1 Å².